The van der Waals surface area contributed by atoms with Crippen molar-refractivity contribution in [2.45, 2.75) is 31.6 Å². The molecule has 0 unspecified atom stereocenters. The number of fused-ring (bicyclic) bond motifs is 1. The Morgan fingerprint density at radius 1 is 1.38 bits per heavy atom. The average Bonchev–Trinajstić information content (AvgIpc) is 2.89. The van der Waals surface area contributed by atoms with E-state index in [4.69, 9.17) is 16.3 Å². The third-order valence-corrected chi connectivity index (χ3v) is 5.68. The maximum Gasteiger partial charge on any atom is 0.338 e. The van der Waals surface area contributed by atoms with Crippen LogP contribution in [0, 0.1) is 0 Å². The third-order valence-electron chi connectivity index (χ3n) is 4.11. The number of methoxy groups -OCH3 is 1. The largest absolute Gasteiger partial charge is 0.466 e. The predicted molar refractivity (Wildman–Crippen MR) is 94.9 cm³/mol. The molecule has 1 saturated heterocycles. The molecule has 2 atom stereocenters. The molecule has 0 aromatic heterocycles. The molecule has 0 bridgehead atoms. The standard InChI is InChI=1S/C17H17ClN2O3S/c1-4-12-15(21)20-14(10-5-7-11(18)8-6-10)13(16(22)23-3)9(2)19-17(20)24-12/h5-8,12,14H,4H2,1-3H3/t12-,14-/m0/s1. The van der Waals surface area contributed by atoms with E-state index < -0.39 is 12.0 Å². The maximum atomic E-state index is 12.8. The molecule has 2 heterocycles. The molecule has 1 aromatic rings. The van der Waals surface area contributed by atoms with E-state index in [0.717, 1.165) is 5.56 Å². The highest BCUT2D eigenvalue weighted by atomic mass is 35.5. The maximum absolute atomic E-state index is 12.8. The van der Waals surface area contributed by atoms with Gasteiger partial charge in [-0.3, -0.25) is 9.69 Å². The van der Waals surface area contributed by atoms with Crippen molar-refractivity contribution in [2.24, 2.45) is 4.99 Å². The number of aliphatic imine (C=N–C) groups is 1. The topological polar surface area (TPSA) is 59.0 Å². The van der Waals surface area contributed by atoms with Crippen LogP contribution in [0.15, 0.2) is 40.5 Å². The third kappa shape index (κ3) is 2.74. The van der Waals surface area contributed by atoms with E-state index in [9.17, 15) is 9.59 Å². The van der Waals surface area contributed by atoms with Crippen LogP contribution in [0.3, 0.4) is 0 Å². The summed E-state index contributed by atoms with van der Waals surface area (Å²) in [6.07, 6.45) is 0.707. The number of amides is 1. The Morgan fingerprint density at radius 2 is 2.04 bits per heavy atom. The summed E-state index contributed by atoms with van der Waals surface area (Å²) in [5, 5.41) is 1.05. The minimum absolute atomic E-state index is 0.0323. The lowest BCUT2D eigenvalue weighted by Gasteiger charge is -2.32. The molecule has 0 spiro atoms. The van der Waals surface area contributed by atoms with Gasteiger partial charge in [-0.05, 0) is 31.0 Å². The second-order valence-corrected chi connectivity index (χ2v) is 7.17. The molecular formula is C17H17ClN2O3S. The Hall–Kier alpha value is -1.79. The Kier molecular flexibility index (Phi) is 4.69. The zero-order valence-electron chi connectivity index (χ0n) is 13.6. The van der Waals surface area contributed by atoms with Crippen LogP contribution in [-0.2, 0) is 14.3 Å². The van der Waals surface area contributed by atoms with Gasteiger partial charge in [0.2, 0.25) is 5.91 Å². The predicted octanol–water partition coefficient (Wildman–Crippen LogP) is 3.55. The zero-order chi connectivity index (χ0) is 17.4. The smallest absolute Gasteiger partial charge is 0.338 e. The van der Waals surface area contributed by atoms with Crippen LogP contribution in [0.2, 0.25) is 5.02 Å². The molecule has 2 aliphatic heterocycles. The summed E-state index contributed by atoms with van der Waals surface area (Å²) < 4.78 is 4.94. The number of halogens is 1. The Balaban J connectivity index is 2.15. The fraction of sp³-hybridized carbons (Fsp3) is 0.353. The van der Waals surface area contributed by atoms with E-state index in [0.29, 0.717) is 27.9 Å². The molecule has 0 N–H and O–H groups in total. The first-order valence-corrected chi connectivity index (χ1v) is 8.86. The van der Waals surface area contributed by atoms with E-state index in [1.54, 1.807) is 24.0 Å². The fourth-order valence-corrected chi connectivity index (χ4v) is 4.18. The van der Waals surface area contributed by atoms with E-state index in [2.05, 4.69) is 4.99 Å². The lowest BCUT2D eigenvalue weighted by atomic mass is 9.94. The highest BCUT2D eigenvalue weighted by Gasteiger charge is 2.47. The lowest BCUT2D eigenvalue weighted by molar-refractivity contribution is -0.137. The Bertz CT molecular complexity index is 758. The van der Waals surface area contributed by atoms with Crippen LogP contribution in [-0.4, -0.2) is 34.3 Å². The number of rotatable bonds is 3. The van der Waals surface area contributed by atoms with Crippen LogP contribution in [0.5, 0.6) is 0 Å². The molecule has 1 aromatic carbocycles. The first kappa shape index (κ1) is 17.0. The fourth-order valence-electron chi connectivity index (χ4n) is 2.92. The second kappa shape index (κ2) is 6.61. The number of hydrogen-bond donors (Lipinski definition) is 0. The lowest BCUT2D eigenvalue weighted by Crippen LogP contribution is -2.40. The number of nitrogens with zero attached hydrogens (tertiary/aromatic N) is 2. The second-order valence-electron chi connectivity index (χ2n) is 5.56. The van der Waals surface area contributed by atoms with Crippen LogP contribution in [0.4, 0.5) is 0 Å². The molecule has 126 valence electrons. The number of carbonyl (C=O) groups excluding carboxylic acids is 2. The molecule has 3 rings (SSSR count). The SMILES string of the molecule is CC[C@@H]1SC2=NC(C)=C(C(=O)OC)[C@H](c3ccc(Cl)cc3)N2C1=O. The summed E-state index contributed by atoms with van der Waals surface area (Å²) in [5.41, 5.74) is 1.76. The number of ether oxygens (including phenoxy) is 1. The molecule has 1 fully saturated rings. The van der Waals surface area contributed by atoms with Gasteiger partial charge in [0.05, 0.1) is 29.7 Å². The Morgan fingerprint density at radius 3 is 2.62 bits per heavy atom. The van der Waals surface area contributed by atoms with Gasteiger partial charge in [-0.25, -0.2) is 9.79 Å². The molecular weight excluding hydrogens is 348 g/mol. The normalized spacial score (nSPS) is 23.2. The summed E-state index contributed by atoms with van der Waals surface area (Å²) in [6, 6.07) is 6.60. The van der Waals surface area contributed by atoms with Gasteiger partial charge in [-0.1, -0.05) is 42.4 Å². The molecule has 0 radical (unpaired) electrons. The molecule has 0 saturated carbocycles. The van der Waals surface area contributed by atoms with Crippen LogP contribution in [0.25, 0.3) is 0 Å². The van der Waals surface area contributed by atoms with Gasteiger partial charge in [0.15, 0.2) is 5.17 Å². The van der Waals surface area contributed by atoms with E-state index in [1.165, 1.54) is 18.9 Å². The van der Waals surface area contributed by atoms with Crippen molar-refractivity contribution in [3.05, 3.63) is 46.1 Å². The van der Waals surface area contributed by atoms with Crippen LogP contribution in [0.1, 0.15) is 31.9 Å². The minimum atomic E-state index is -0.543. The summed E-state index contributed by atoms with van der Waals surface area (Å²) in [5.74, 6) is -0.511. The molecule has 0 aliphatic carbocycles. The van der Waals surface area contributed by atoms with E-state index in [-0.39, 0.29) is 11.2 Å². The highest BCUT2D eigenvalue weighted by Crippen LogP contribution is 2.44. The summed E-state index contributed by atoms with van der Waals surface area (Å²) in [6.45, 7) is 3.73. The van der Waals surface area contributed by atoms with Gasteiger partial charge in [0.1, 0.15) is 0 Å². The van der Waals surface area contributed by atoms with Crippen molar-refractivity contribution < 1.29 is 14.3 Å². The number of hydrogen-bond acceptors (Lipinski definition) is 5. The first-order valence-electron chi connectivity index (χ1n) is 7.60. The van der Waals surface area contributed by atoms with Crippen molar-refractivity contribution in [1.29, 1.82) is 0 Å². The molecule has 7 heteroatoms. The highest BCUT2D eigenvalue weighted by molar-refractivity contribution is 8.15. The molecule has 2 aliphatic rings. The number of carbonyl (C=O) groups is 2. The van der Waals surface area contributed by atoms with Crippen molar-refractivity contribution in [1.82, 2.24) is 4.90 Å². The molecule has 5 nitrogen and oxygen atoms in total. The Labute approximate surface area is 149 Å². The number of benzene rings is 1. The summed E-state index contributed by atoms with van der Waals surface area (Å²) in [4.78, 5) is 31.2. The van der Waals surface area contributed by atoms with Crippen molar-refractivity contribution >= 4 is 40.4 Å². The zero-order valence-corrected chi connectivity index (χ0v) is 15.1. The molecule has 1 amide bonds. The van der Waals surface area contributed by atoms with Crippen LogP contribution >= 0.6 is 23.4 Å². The van der Waals surface area contributed by atoms with Gasteiger partial charge >= 0.3 is 5.97 Å². The van der Waals surface area contributed by atoms with Gasteiger partial charge in [0.25, 0.3) is 0 Å². The van der Waals surface area contributed by atoms with Crippen LogP contribution < -0.4 is 0 Å². The average molecular weight is 365 g/mol. The number of amidine groups is 1. The monoisotopic (exact) mass is 364 g/mol. The van der Waals surface area contributed by atoms with Crippen molar-refractivity contribution in [3.63, 3.8) is 0 Å². The van der Waals surface area contributed by atoms with Crippen molar-refractivity contribution in [3.8, 4) is 0 Å². The first-order chi connectivity index (χ1) is 11.5. The number of esters is 1. The van der Waals surface area contributed by atoms with Gasteiger partial charge < -0.3 is 4.74 Å². The quantitative estimate of drug-likeness (QED) is 0.769. The van der Waals surface area contributed by atoms with Gasteiger partial charge in [0, 0.05) is 5.02 Å². The van der Waals surface area contributed by atoms with Gasteiger partial charge in [-0.2, -0.15) is 0 Å². The number of allylic oxidation sites excluding steroid dienone is 1. The number of thioether (sulfide) groups is 1. The minimum Gasteiger partial charge on any atom is -0.466 e. The van der Waals surface area contributed by atoms with Gasteiger partial charge in [-0.15, -0.1) is 0 Å². The summed E-state index contributed by atoms with van der Waals surface area (Å²) >= 11 is 7.42. The summed E-state index contributed by atoms with van der Waals surface area (Å²) in [7, 11) is 1.33. The van der Waals surface area contributed by atoms with E-state index in [1.807, 2.05) is 19.1 Å². The van der Waals surface area contributed by atoms with Crippen molar-refractivity contribution in [2.75, 3.05) is 7.11 Å². The molecule has 24 heavy (non-hydrogen) atoms. The van der Waals surface area contributed by atoms with E-state index >= 15 is 0 Å².